The molecule has 1 N–H and O–H groups in total. The lowest BCUT2D eigenvalue weighted by Gasteiger charge is -2.11. The molecule has 20 heavy (non-hydrogen) atoms. The van der Waals surface area contributed by atoms with E-state index in [-0.39, 0.29) is 18.2 Å². The van der Waals surface area contributed by atoms with Crippen molar-refractivity contribution in [2.75, 3.05) is 0 Å². The van der Waals surface area contributed by atoms with Gasteiger partial charge in [0.2, 0.25) is 0 Å². The Balaban J connectivity index is 2.09. The summed E-state index contributed by atoms with van der Waals surface area (Å²) in [5.74, 6) is -0.791. The molecule has 0 aliphatic rings. The van der Waals surface area contributed by atoms with Crippen molar-refractivity contribution in [1.29, 1.82) is 0 Å². The van der Waals surface area contributed by atoms with E-state index in [1.165, 1.54) is 12.1 Å². The highest BCUT2D eigenvalue weighted by atomic mass is 19.1. The predicted octanol–water partition coefficient (Wildman–Crippen LogP) is 4.46. The van der Waals surface area contributed by atoms with Gasteiger partial charge in [0.15, 0.2) is 0 Å². The predicted molar refractivity (Wildman–Crippen MR) is 77.1 cm³/mol. The smallest absolute Gasteiger partial charge is 0.303 e. The van der Waals surface area contributed by atoms with E-state index < -0.39 is 5.97 Å². The van der Waals surface area contributed by atoms with Gasteiger partial charge in [-0.25, -0.2) is 4.39 Å². The van der Waals surface area contributed by atoms with Gasteiger partial charge in [-0.05, 0) is 41.2 Å². The van der Waals surface area contributed by atoms with Crippen LogP contribution in [0.5, 0.6) is 0 Å². The lowest BCUT2D eigenvalue weighted by Crippen LogP contribution is -2.00. The first-order valence-corrected chi connectivity index (χ1v) is 6.64. The quantitative estimate of drug-likeness (QED) is 0.872. The van der Waals surface area contributed by atoms with Gasteiger partial charge in [-0.2, -0.15) is 0 Å². The van der Waals surface area contributed by atoms with Crippen LogP contribution in [0.25, 0.3) is 11.1 Å². The third kappa shape index (κ3) is 3.67. The van der Waals surface area contributed by atoms with Crippen LogP contribution in [-0.2, 0) is 4.79 Å². The summed E-state index contributed by atoms with van der Waals surface area (Å²) in [7, 11) is 0. The van der Waals surface area contributed by atoms with Gasteiger partial charge >= 0.3 is 5.97 Å². The van der Waals surface area contributed by atoms with Crippen molar-refractivity contribution < 1.29 is 14.3 Å². The number of hydrogen-bond donors (Lipinski definition) is 1. The Morgan fingerprint density at radius 3 is 2.05 bits per heavy atom. The maximum Gasteiger partial charge on any atom is 0.303 e. The average molecular weight is 272 g/mol. The molecular weight excluding hydrogens is 255 g/mol. The van der Waals surface area contributed by atoms with Crippen LogP contribution in [0.4, 0.5) is 4.39 Å². The summed E-state index contributed by atoms with van der Waals surface area (Å²) in [6.07, 6.45) is 0.812. The molecule has 2 aromatic carbocycles. The summed E-state index contributed by atoms with van der Waals surface area (Å²) < 4.78 is 12.9. The SMILES string of the molecule is CC(CCC(=O)O)c1ccc(-c2ccc(F)cc2)cc1. The Bertz CT molecular complexity index is 573. The van der Waals surface area contributed by atoms with Gasteiger partial charge < -0.3 is 5.11 Å². The van der Waals surface area contributed by atoms with Gasteiger partial charge in [-0.3, -0.25) is 4.79 Å². The highest BCUT2D eigenvalue weighted by Crippen LogP contribution is 2.25. The summed E-state index contributed by atoms with van der Waals surface area (Å²) in [4.78, 5) is 10.6. The topological polar surface area (TPSA) is 37.3 Å². The molecule has 0 aromatic heterocycles. The van der Waals surface area contributed by atoms with E-state index in [9.17, 15) is 9.18 Å². The van der Waals surface area contributed by atoms with Gasteiger partial charge in [0.05, 0.1) is 0 Å². The Labute approximate surface area is 117 Å². The summed E-state index contributed by atoms with van der Waals surface area (Å²) in [6.45, 7) is 2.02. The van der Waals surface area contributed by atoms with Crippen molar-refractivity contribution in [3.8, 4) is 11.1 Å². The van der Waals surface area contributed by atoms with Crippen molar-refractivity contribution in [2.24, 2.45) is 0 Å². The molecule has 0 aliphatic carbocycles. The zero-order valence-corrected chi connectivity index (χ0v) is 11.3. The number of halogens is 1. The average Bonchev–Trinajstić information content (AvgIpc) is 2.46. The third-order valence-corrected chi connectivity index (χ3v) is 3.45. The Hall–Kier alpha value is -2.16. The van der Waals surface area contributed by atoms with Gasteiger partial charge in [0.1, 0.15) is 5.82 Å². The maximum atomic E-state index is 12.9. The van der Waals surface area contributed by atoms with Gasteiger partial charge in [0, 0.05) is 6.42 Å². The first-order valence-electron chi connectivity index (χ1n) is 6.64. The molecule has 0 bridgehead atoms. The normalized spacial score (nSPS) is 12.1. The van der Waals surface area contributed by atoms with Crippen LogP contribution in [0, 0.1) is 5.82 Å². The molecule has 104 valence electrons. The van der Waals surface area contributed by atoms with Crippen LogP contribution in [0.2, 0.25) is 0 Å². The van der Waals surface area contributed by atoms with Crippen LogP contribution in [0.3, 0.4) is 0 Å². The molecule has 0 amide bonds. The molecule has 0 saturated carbocycles. The van der Waals surface area contributed by atoms with E-state index in [1.54, 1.807) is 12.1 Å². The number of hydrogen-bond acceptors (Lipinski definition) is 1. The first kappa shape index (κ1) is 14.3. The highest BCUT2D eigenvalue weighted by Gasteiger charge is 2.08. The molecule has 0 saturated heterocycles. The molecule has 1 unspecified atom stereocenters. The fourth-order valence-corrected chi connectivity index (χ4v) is 2.15. The lowest BCUT2D eigenvalue weighted by molar-refractivity contribution is -0.137. The number of aliphatic carboxylic acids is 1. The molecule has 0 radical (unpaired) electrons. The number of rotatable bonds is 5. The standard InChI is InChI=1S/C17H17FO2/c1-12(2-11-17(19)20)13-3-5-14(6-4-13)15-7-9-16(18)10-8-15/h3-10,12H,2,11H2,1H3,(H,19,20). The molecule has 0 fully saturated rings. The van der Waals surface area contributed by atoms with Gasteiger partial charge in [0.25, 0.3) is 0 Å². The number of carbonyl (C=O) groups is 1. The molecule has 2 nitrogen and oxygen atoms in total. The van der Waals surface area contributed by atoms with Crippen molar-refractivity contribution in [3.63, 3.8) is 0 Å². The Morgan fingerprint density at radius 2 is 1.55 bits per heavy atom. The largest absolute Gasteiger partial charge is 0.481 e. The molecule has 3 heteroatoms. The molecule has 0 aliphatic heterocycles. The third-order valence-electron chi connectivity index (χ3n) is 3.45. The molecule has 2 rings (SSSR count). The van der Waals surface area contributed by atoms with Crippen LogP contribution in [0.15, 0.2) is 48.5 Å². The minimum Gasteiger partial charge on any atom is -0.481 e. The van der Waals surface area contributed by atoms with Crippen molar-refractivity contribution in [3.05, 3.63) is 59.9 Å². The van der Waals surface area contributed by atoms with Gasteiger partial charge in [-0.1, -0.05) is 43.3 Å². The van der Waals surface area contributed by atoms with Crippen molar-refractivity contribution >= 4 is 5.97 Å². The second kappa shape index (κ2) is 6.33. The monoisotopic (exact) mass is 272 g/mol. The fourth-order valence-electron chi connectivity index (χ4n) is 2.15. The van der Waals surface area contributed by atoms with E-state index in [0.717, 1.165) is 16.7 Å². The minimum absolute atomic E-state index is 0.181. The van der Waals surface area contributed by atoms with Crippen LogP contribution in [-0.4, -0.2) is 11.1 Å². The zero-order chi connectivity index (χ0) is 14.5. The molecular formula is C17H17FO2. The van der Waals surface area contributed by atoms with E-state index >= 15 is 0 Å². The molecule has 2 aromatic rings. The zero-order valence-electron chi connectivity index (χ0n) is 11.3. The summed E-state index contributed by atoms with van der Waals surface area (Å²) in [6, 6.07) is 14.4. The Kier molecular flexibility index (Phi) is 4.51. The van der Waals surface area contributed by atoms with E-state index in [1.807, 2.05) is 31.2 Å². The van der Waals surface area contributed by atoms with Crippen LogP contribution in [0.1, 0.15) is 31.2 Å². The molecule has 0 spiro atoms. The van der Waals surface area contributed by atoms with Crippen molar-refractivity contribution in [1.82, 2.24) is 0 Å². The minimum atomic E-state index is -0.764. The maximum absolute atomic E-state index is 12.9. The number of benzene rings is 2. The first-order chi connectivity index (χ1) is 9.56. The summed E-state index contributed by atoms with van der Waals surface area (Å²) in [5.41, 5.74) is 3.12. The van der Waals surface area contributed by atoms with Crippen molar-refractivity contribution in [2.45, 2.75) is 25.7 Å². The summed E-state index contributed by atoms with van der Waals surface area (Å²) in [5, 5.41) is 8.69. The second-order valence-electron chi connectivity index (χ2n) is 4.96. The van der Waals surface area contributed by atoms with Crippen LogP contribution < -0.4 is 0 Å². The number of carboxylic acids is 1. The highest BCUT2D eigenvalue weighted by molar-refractivity contribution is 5.67. The molecule has 0 heterocycles. The lowest BCUT2D eigenvalue weighted by atomic mass is 9.94. The van der Waals surface area contributed by atoms with Gasteiger partial charge in [-0.15, -0.1) is 0 Å². The van der Waals surface area contributed by atoms with E-state index in [0.29, 0.717) is 6.42 Å². The second-order valence-corrected chi connectivity index (χ2v) is 4.96. The van der Waals surface area contributed by atoms with E-state index in [4.69, 9.17) is 5.11 Å². The fraction of sp³-hybridized carbons (Fsp3) is 0.235. The number of carboxylic acid groups (broad SMARTS) is 1. The van der Waals surface area contributed by atoms with Crippen LogP contribution >= 0.6 is 0 Å². The summed E-state index contributed by atoms with van der Waals surface area (Å²) >= 11 is 0. The molecule has 1 atom stereocenters. The van der Waals surface area contributed by atoms with E-state index in [2.05, 4.69) is 0 Å². The Morgan fingerprint density at radius 1 is 1.05 bits per heavy atom.